The van der Waals surface area contributed by atoms with Gasteiger partial charge in [-0.1, -0.05) is 13.0 Å². The summed E-state index contributed by atoms with van der Waals surface area (Å²) in [6.45, 7) is 3.04. The van der Waals surface area contributed by atoms with Crippen LogP contribution >= 0.6 is 15.9 Å². The maximum Gasteiger partial charge on any atom is 0.130 e. The van der Waals surface area contributed by atoms with E-state index < -0.39 is 0 Å². The maximum absolute atomic E-state index is 9.45. The highest BCUT2D eigenvalue weighted by atomic mass is 79.9. The Labute approximate surface area is 87.1 Å². The molecule has 0 aliphatic carbocycles. The smallest absolute Gasteiger partial charge is 0.130 e. The molecule has 2 nitrogen and oxygen atoms in total. The van der Waals surface area contributed by atoms with Gasteiger partial charge in [-0.25, -0.2) is 0 Å². The third kappa shape index (κ3) is 2.71. The number of halogens is 1. The van der Waals surface area contributed by atoms with Gasteiger partial charge in [-0.2, -0.15) is 0 Å². The predicted molar refractivity (Wildman–Crippen MR) is 58.1 cm³/mol. The maximum atomic E-state index is 9.45. The zero-order valence-corrected chi connectivity index (χ0v) is 9.43. The lowest BCUT2D eigenvalue weighted by atomic mass is 10.0. The molecule has 1 rings (SSSR count). The fourth-order valence-corrected chi connectivity index (χ4v) is 1.51. The highest BCUT2D eigenvalue weighted by Crippen LogP contribution is 2.27. The first-order valence-corrected chi connectivity index (χ1v) is 5.07. The quantitative estimate of drug-likeness (QED) is 0.856. The molecule has 0 aliphatic heterocycles. The zero-order chi connectivity index (χ0) is 9.84. The molecule has 1 aromatic carbocycles. The summed E-state index contributed by atoms with van der Waals surface area (Å²) >= 11 is 3.25. The number of hydrogen-bond donors (Lipinski definition) is 2. The summed E-state index contributed by atoms with van der Waals surface area (Å²) in [5, 5.41) is 12.6. The molecule has 1 unspecified atom stereocenters. The summed E-state index contributed by atoms with van der Waals surface area (Å²) in [6.07, 6.45) is 0. The fourth-order valence-electron chi connectivity index (χ4n) is 1.26. The Morgan fingerprint density at radius 2 is 2.23 bits per heavy atom. The Hall–Kier alpha value is -0.540. The van der Waals surface area contributed by atoms with Crippen molar-refractivity contribution in [3.05, 3.63) is 28.2 Å². The van der Waals surface area contributed by atoms with Gasteiger partial charge >= 0.3 is 0 Å². The third-order valence-electron chi connectivity index (χ3n) is 2.05. The number of aromatic hydroxyl groups is 1. The second-order valence-electron chi connectivity index (χ2n) is 3.17. The van der Waals surface area contributed by atoms with Gasteiger partial charge in [0.05, 0.1) is 4.47 Å². The van der Waals surface area contributed by atoms with Gasteiger partial charge in [0.1, 0.15) is 5.75 Å². The van der Waals surface area contributed by atoms with Crippen molar-refractivity contribution in [3.8, 4) is 5.75 Å². The first kappa shape index (κ1) is 10.5. The molecule has 0 saturated carbocycles. The number of likely N-dealkylation sites (N-methyl/N-ethyl adjacent to an activating group) is 1. The van der Waals surface area contributed by atoms with Crippen LogP contribution in [0.1, 0.15) is 18.4 Å². The van der Waals surface area contributed by atoms with E-state index in [2.05, 4.69) is 28.2 Å². The second kappa shape index (κ2) is 4.63. The first-order chi connectivity index (χ1) is 6.15. The largest absolute Gasteiger partial charge is 0.507 e. The molecule has 1 atom stereocenters. The van der Waals surface area contributed by atoms with Gasteiger partial charge in [0.2, 0.25) is 0 Å². The number of nitrogens with one attached hydrogen (secondary N) is 1. The summed E-state index contributed by atoms with van der Waals surface area (Å²) in [6, 6.07) is 5.69. The average Bonchev–Trinajstić information content (AvgIpc) is 2.10. The summed E-state index contributed by atoms with van der Waals surface area (Å²) in [5.74, 6) is 0.726. The third-order valence-corrected chi connectivity index (χ3v) is 2.72. The SMILES string of the molecule is CNCC(C)c1ccc(Br)c(O)c1. The normalized spacial score (nSPS) is 12.8. The molecule has 2 N–H and O–H groups in total. The van der Waals surface area contributed by atoms with Gasteiger partial charge in [-0.05, 0) is 46.6 Å². The lowest BCUT2D eigenvalue weighted by Gasteiger charge is -2.11. The standard InChI is InChI=1S/C10H14BrNO/c1-7(6-12-2)8-3-4-9(11)10(13)5-8/h3-5,7,12-13H,6H2,1-2H3. The Morgan fingerprint density at radius 1 is 1.54 bits per heavy atom. The number of phenolic OH excluding ortho intramolecular Hbond substituents is 1. The molecule has 0 heterocycles. The molecule has 0 aromatic heterocycles. The molecule has 0 spiro atoms. The van der Waals surface area contributed by atoms with Gasteiger partial charge < -0.3 is 10.4 Å². The summed E-state index contributed by atoms with van der Waals surface area (Å²) < 4.78 is 0.743. The number of phenols is 1. The lowest BCUT2D eigenvalue weighted by molar-refractivity contribution is 0.470. The van der Waals surface area contributed by atoms with Crippen LogP contribution in [0.25, 0.3) is 0 Å². The Balaban J connectivity index is 2.84. The van der Waals surface area contributed by atoms with E-state index in [1.54, 1.807) is 6.07 Å². The monoisotopic (exact) mass is 243 g/mol. The van der Waals surface area contributed by atoms with Crippen LogP contribution in [0, 0.1) is 0 Å². The van der Waals surface area contributed by atoms with Crippen molar-refractivity contribution in [1.29, 1.82) is 0 Å². The van der Waals surface area contributed by atoms with Crippen LogP contribution in [0.15, 0.2) is 22.7 Å². The molecule has 0 amide bonds. The molecule has 3 heteroatoms. The van der Waals surface area contributed by atoms with Crippen molar-refractivity contribution in [3.63, 3.8) is 0 Å². The van der Waals surface area contributed by atoms with Crippen LogP contribution in [0.5, 0.6) is 5.75 Å². The molecule has 1 aromatic rings. The molecule has 0 aliphatic rings. The average molecular weight is 244 g/mol. The molecule has 0 saturated heterocycles. The summed E-state index contributed by atoms with van der Waals surface area (Å²) in [4.78, 5) is 0. The highest BCUT2D eigenvalue weighted by molar-refractivity contribution is 9.10. The van der Waals surface area contributed by atoms with E-state index in [-0.39, 0.29) is 0 Å². The predicted octanol–water partition coefficient (Wildman–Crippen LogP) is 2.48. The van der Waals surface area contributed by atoms with Crippen LogP contribution in [0.2, 0.25) is 0 Å². The Morgan fingerprint density at radius 3 is 2.77 bits per heavy atom. The van der Waals surface area contributed by atoms with Crippen LogP contribution < -0.4 is 5.32 Å². The highest BCUT2D eigenvalue weighted by Gasteiger charge is 2.06. The van der Waals surface area contributed by atoms with Gasteiger partial charge in [0, 0.05) is 6.54 Å². The van der Waals surface area contributed by atoms with E-state index in [9.17, 15) is 5.11 Å². The first-order valence-electron chi connectivity index (χ1n) is 4.28. The van der Waals surface area contributed by atoms with Crippen LogP contribution in [-0.4, -0.2) is 18.7 Å². The van der Waals surface area contributed by atoms with Gasteiger partial charge in [-0.15, -0.1) is 0 Å². The Kier molecular flexibility index (Phi) is 3.75. The summed E-state index contributed by atoms with van der Waals surface area (Å²) in [5.41, 5.74) is 1.15. The van der Waals surface area contributed by atoms with Crippen molar-refractivity contribution in [2.75, 3.05) is 13.6 Å². The van der Waals surface area contributed by atoms with E-state index in [1.165, 1.54) is 0 Å². The molecule has 0 bridgehead atoms. The molecular weight excluding hydrogens is 230 g/mol. The summed E-state index contributed by atoms with van der Waals surface area (Å²) in [7, 11) is 1.93. The number of rotatable bonds is 3. The van der Waals surface area contributed by atoms with Crippen LogP contribution in [-0.2, 0) is 0 Å². The number of hydrogen-bond acceptors (Lipinski definition) is 2. The molecule has 72 valence electrons. The lowest BCUT2D eigenvalue weighted by Crippen LogP contribution is -2.14. The Bertz CT molecular complexity index is 288. The topological polar surface area (TPSA) is 32.3 Å². The fraction of sp³-hybridized carbons (Fsp3) is 0.400. The second-order valence-corrected chi connectivity index (χ2v) is 4.02. The van der Waals surface area contributed by atoms with Crippen LogP contribution in [0.4, 0.5) is 0 Å². The van der Waals surface area contributed by atoms with Crippen LogP contribution in [0.3, 0.4) is 0 Å². The van der Waals surface area contributed by atoms with Crippen molar-refractivity contribution >= 4 is 15.9 Å². The zero-order valence-electron chi connectivity index (χ0n) is 7.84. The molecular formula is C10H14BrNO. The van der Waals surface area contributed by atoms with Gasteiger partial charge in [0.15, 0.2) is 0 Å². The minimum absolute atomic E-state index is 0.306. The van der Waals surface area contributed by atoms with E-state index in [4.69, 9.17) is 0 Å². The van der Waals surface area contributed by atoms with Crippen molar-refractivity contribution < 1.29 is 5.11 Å². The van der Waals surface area contributed by atoms with E-state index >= 15 is 0 Å². The minimum atomic E-state index is 0.306. The molecule has 0 radical (unpaired) electrons. The van der Waals surface area contributed by atoms with E-state index in [1.807, 2.05) is 19.2 Å². The molecule has 13 heavy (non-hydrogen) atoms. The van der Waals surface area contributed by atoms with E-state index in [0.717, 1.165) is 16.6 Å². The molecule has 0 fully saturated rings. The van der Waals surface area contributed by atoms with E-state index in [0.29, 0.717) is 11.7 Å². The number of benzene rings is 1. The van der Waals surface area contributed by atoms with Crippen molar-refractivity contribution in [1.82, 2.24) is 5.32 Å². The minimum Gasteiger partial charge on any atom is -0.507 e. The van der Waals surface area contributed by atoms with Gasteiger partial charge in [-0.3, -0.25) is 0 Å². The van der Waals surface area contributed by atoms with Crippen molar-refractivity contribution in [2.45, 2.75) is 12.8 Å². The van der Waals surface area contributed by atoms with Gasteiger partial charge in [0.25, 0.3) is 0 Å². The van der Waals surface area contributed by atoms with Crippen molar-refractivity contribution in [2.24, 2.45) is 0 Å².